The van der Waals surface area contributed by atoms with Gasteiger partial charge in [-0.25, -0.2) is 0 Å². The molecule has 2 aromatic rings. The normalized spacial score (nSPS) is 10.6. The van der Waals surface area contributed by atoms with E-state index in [4.69, 9.17) is 17.3 Å². The maximum atomic E-state index is 11.8. The van der Waals surface area contributed by atoms with E-state index in [0.717, 1.165) is 11.6 Å². The van der Waals surface area contributed by atoms with E-state index < -0.39 is 5.56 Å². The Hall–Kier alpha value is -1.85. The molecule has 0 saturated heterocycles. The van der Waals surface area contributed by atoms with Crippen molar-refractivity contribution in [3.63, 3.8) is 0 Å². The molecule has 0 spiro atoms. The van der Waals surface area contributed by atoms with Gasteiger partial charge in [0, 0.05) is 17.6 Å². The van der Waals surface area contributed by atoms with Crippen LogP contribution in [0.4, 0.5) is 0 Å². The quantitative estimate of drug-likeness (QED) is 0.859. The van der Waals surface area contributed by atoms with Crippen LogP contribution in [0.5, 0.6) is 5.75 Å². The Kier molecular flexibility index (Phi) is 3.36. The molecule has 0 saturated carbocycles. The predicted octanol–water partition coefficient (Wildman–Crippen LogP) is 1.36. The fraction of sp³-hybridized carbons (Fsp3) is 0.167. The van der Waals surface area contributed by atoms with Gasteiger partial charge in [0.1, 0.15) is 11.4 Å². The molecular weight excluding hydrogens is 254 g/mol. The number of aryl methyl sites for hydroxylation is 1. The van der Waals surface area contributed by atoms with Crippen LogP contribution < -0.4 is 11.3 Å². The lowest BCUT2D eigenvalue weighted by Crippen LogP contribution is -2.23. The minimum Gasteiger partial charge on any atom is -0.506 e. The second-order valence-electron chi connectivity index (χ2n) is 3.86. The summed E-state index contributed by atoms with van der Waals surface area (Å²) in [6, 6.07) is 6.26. The lowest BCUT2D eigenvalue weighted by molar-refractivity contribution is 0.457. The standard InChI is InChI=1S/C12H12ClN3O2/c1-7-2-3-8(13)4-10(7)16-12(18)5-11(17)9(6-14)15-16/h2-5,17H,6,14H2,1H3. The number of nitrogens with two attached hydrogens (primary N) is 1. The van der Waals surface area contributed by atoms with Gasteiger partial charge in [-0.1, -0.05) is 17.7 Å². The molecule has 0 unspecified atom stereocenters. The number of aromatic hydroxyl groups is 1. The van der Waals surface area contributed by atoms with Crippen molar-refractivity contribution in [2.45, 2.75) is 13.5 Å². The van der Waals surface area contributed by atoms with Crippen molar-refractivity contribution in [3.8, 4) is 11.4 Å². The van der Waals surface area contributed by atoms with Gasteiger partial charge in [-0.05, 0) is 24.6 Å². The van der Waals surface area contributed by atoms with E-state index >= 15 is 0 Å². The Morgan fingerprint density at radius 2 is 2.17 bits per heavy atom. The van der Waals surface area contributed by atoms with Gasteiger partial charge in [-0.15, -0.1) is 0 Å². The zero-order chi connectivity index (χ0) is 13.3. The first-order valence-corrected chi connectivity index (χ1v) is 5.69. The second kappa shape index (κ2) is 4.80. The number of halogens is 1. The van der Waals surface area contributed by atoms with E-state index in [2.05, 4.69) is 5.10 Å². The fourth-order valence-corrected chi connectivity index (χ4v) is 1.78. The van der Waals surface area contributed by atoms with Gasteiger partial charge < -0.3 is 10.8 Å². The van der Waals surface area contributed by atoms with Crippen LogP contribution in [0.1, 0.15) is 11.3 Å². The highest BCUT2D eigenvalue weighted by atomic mass is 35.5. The Labute approximate surface area is 108 Å². The van der Waals surface area contributed by atoms with Crippen LogP contribution in [-0.2, 0) is 6.54 Å². The third kappa shape index (κ3) is 2.23. The Morgan fingerprint density at radius 3 is 2.83 bits per heavy atom. The van der Waals surface area contributed by atoms with Crippen LogP contribution in [0.3, 0.4) is 0 Å². The molecule has 6 heteroatoms. The maximum Gasteiger partial charge on any atom is 0.275 e. The van der Waals surface area contributed by atoms with Crippen LogP contribution in [0.15, 0.2) is 29.1 Å². The summed E-state index contributed by atoms with van der Waals surface area (Å²) in [6.45, 7) is 1.89. The van der Waals surface area contributed by atoms with Crippen LogP contribution in [0.2, 0.25) is 5.02 Å². The molecule has 0 aliphatic carbocycles. The Bertz CT molecular complexity index is 652. The lowest BCUT2D eigenvalue weighted by Gasteiger charge is -2.10. The number of rotatable bonds is 2. The van der Waals surface area contributed by atoms with Crippen LogP contribution in [0, 0.1) is 6.92 Å². The molecule has 94 valence electrons. The van der Waals surface area contributed by atoms with E-state index in [9.17, 15) is 9.90 Å². The molecular formula is C12H12ClN3O2. The molecule has 2 rings (SSSR count). The molecule has 18 heavy (non-hydrogen) atoms. The Morgan fingerprint density at radius 1 is 1.44 bits per heavy atom. The summed E-state index contributed by atoms with van der Waals surface area (Å²) in [7, 11) is 0. The molecule has 3 N–H and O–H groups in total. The molecule has 1 heterocycles. The first-order chi connectivity index (χ1) is 8.52. The fourth-order valence-electron chi connectivity index (χ4n) is 1.61. The lowest BCUT2D eigenvalue weighted by atomic mass is 10.2. The second-order valence-corrected chi connectivity index (χ2v) is 4.30. The molecule has 1 aromatic heterocycles. The zero-order valence-corrected chi connectivity index (χ0v) is 10.5. The number of hydrogen-bond acceptors (Lipinski definition) is 4. The molecule has 0 radical (unpaired) electrons. The van der Waals surface area contributed by atoms with Crippen LogP contribution >= 0.6 is 11.6 Å². The molecule has 0 amide bonds. The number of hydrogen-bond donors (Lipinski definition) is 2. The van der Waals surface area contributed by atoms with Crippen LogP contribution in [-0.4, -0.2) is 14.9 Å². The molecule has 0 aliphatic rings. The summed E-state index contributed by atoms with van der Waals surface area (Å²) in [5.41, 5.74) is 6.70. The molecule has 0 bridgehead atoms. The smallest absolute Gasteiger partial charge is 0.275 e. The summed E-state index contributed by atoms with van der Waals surface area (Å²) in [5.74, 6) is -0.196. The van der Waals surface area contributed by atoms with Gasteiger partial charge in [-0.3, -0.25) is 4.79 Å². The van der Waals surface area contributed by atoms with Gasteiger partial charge in [0.15, 0.2) is 0 Å². The van der Waals surface area contributed by atoms with E-state index in [0.29, 0.717) is 10.7 Å². The summed E-state index contributed by atoms with van der Waals surface area (Å²) in [5, 5.41) is 14.0. The van der Waals surface area contributed by atoms with Gasteiger partial charge in [0.25, 0.3) is 5.56 Å². The van der Waals surface area contributed by atoms with Crippen molar-refractivity contribution in [1.29, 1.82) is 0 Å². The molecule has 5 nitrogen and oxygen atoms in total. The Balaban J connectivity index is 2.71. The minimum absolute atomic E-state index is 0.0473. The average molecular weight is 266 g/mol. The van der Waals surface area contributed by atoms with Gasteiger partial charge in [-0.2, -0.15) is 9.78 Å². The third-order valence-corrected chi connectivity index (χ3v) is 2.81. The van der Waals surface area contributed by atoms with E-state index in [1.165, 1.54) is 4.68 Å². The summed E-state index contributed by atoms with van der Waals surface area (Å²) in [4.78, 5) is 11.8. The molecule has 1 aromatic carbocycles. The van der Waals surface area contributed by atoms with Crippen LogP contribution in [0.25, 0.3) is 5.69 Å². The number of aromatic nitrogens is 2. The SMILES string of the molecule is Cc1ccc(Cl)cc1-n1nc(CN)c(O)cc1=O. The highest BCUT2D eigenvalue weighted by Gasteiger charge is 2.10. The maximum absolute atomic E-state index is 11.8. The predicted molar refractivity (Wildman–Crippen MR) is 69.1 cm³/mol. The van der Waals surface area contributed by atoms with E-state index in [1.54, 1.807) is 18.2 Å². The van der Waals surface area contributed by atoms with Crippen molar-refractivity contribution in [2.24, 2.45) is 5.73 Å². The molecule has 0 fully saturated rings. The van der Waals surface area contributed by atoms with Crippen molar-refractivity contribution in [1.82, 2.24) is 9.78 Å². The summed E-state index contributed by atoms with van der Waals surface area (Å²) >= 11 is 5.91. The number of nitrogens with zero attached hydrogens (tertiary/aromatic N) is 2. The third-order valence-electron chi connectivity index (χ3n) is 2.58. The van der Waals surface area contributed by atoms with E-state index in [1.807, 2.05) is 6.92 Å². The topological polar surface area (TPSA) is 81.1 Å². The van der Waals surface area contributed by atoms with Gasteiger partial charge in [0.2, 0.25) is 0 Å². The monoisotopic (exact) mass is 265 g/mol. The van der Waals surface area contributed by atoms with Gasteiger partial charge >= 0.3 is 0 Å². The van der Waals surface area contributed by atoms with Gasteiger partial charge in [0.05, 0.1) is 5.69 Å². The highest BCUT2D eigenvalue weighted by molar-refractivity contribution is 6.30. The first-order valence-electron chi connectivity index (χ1n) is 5.31. The van der Waals surface area contributed by atoms with Crippen molar-refractivity contribution < 1.29 is 5.11 Å². The minimum atomic E-state index is -0.435. The average Bonchev–Trinajstić information content (AvgIpc) is 2.33. The number of benzene rings is 1. The molecule has 0 atom stereocenters. The summed E-state index contributed by atoms with van der Waals surface area (Å²) < 4.78 is 1.18. The largest absolute Gasteiger partial charge is 0.506 e. The highest BCUT2D eigenvalue weighted by Crippen LogP contribution is 2.18. The molecule has 0 aliphatic heterocycles. The first kappa shape index (κ1) is 12.6. The van der Waals surface area contributed by atoms with Crippen molar-refractivity contribution >= 4 is 11.6 Å². The summed E-state index contributed by atoms with van der Waals surface area (Å²) in [6.07, 6.45) is 0. The van der Waals surface area contributed by atoms with Crippen molar-refractivity contribution in [3.05, 3.63) is 50.9 Å². The van der Waals surface area contributed by atoms with E-state index in [-0.39, 0.29) is 18.0 Å². The zero-order valence-electron chi connectivity index (χ0n) is 9.72. The van der Waals surface area contributed by atoms with Crippen molar-refractivity contribution in [2.75, 3.05) is 0 Å².